The quantitative estimate of drug-likeness (QED) is 0.836. The van der Waals surface area contributed by atoms with Gasteiger partial charge in [0.15, 0.2) is 0 Å². The minimum absolute atomic E-state index is 0.0710. The monoisotopic (exact) mass is 293 g/mol. The summed E-state index contributed by atoms with van der Waals surface area (Å²) in [4.78, 5) is 4.96. The van der Waals surface area contributed by atoms with Gasteiger partial charge in [0.25, 0.3) is 0 Å². The van der Waals surface area contributed by atoms with Crippen LogP contribution in [0.3, 0.4) is 0 Å². The van der Waals surface area contributed by atoms with Crippen molar-refractivity contribution in [3.63, 3.8) is 0 Å². The molecular weight excluding hydrogens is 270 g/mol. The molecule has 1 aliphatic rings. The summed E-state index contributed by atoms with van der Waals surface area (Å²) in [5.41, 5.74) is 8.80. The highest BCUT2D eigenvalue weighted by Crippen LogP contribution is 2.44. The standard InChI is InChI=1S/C15H23N3OS/c1-8-6-9(2)17-14(12(8)13(16)20)18-10-7-11(19-5)15(10,3)4/h6,10-11H,7H2,1-5H3,(H2,16,20)(H,17,18). The number of nitrogens with one attached hydrogen (secondary N) is 1. The number of pyridine rings is 1. The predicted molar refractivity (Wildman–Crippen MR) is 86.2 cm³/mol. The Kier molecular flexibility index (Phi) is 4.02. The molecule has 1 saturated carbocycles. The first-order valence-corrected chi connectivity index (χ1v) is 7.25. The van der Waals surface area contributed by atoms with Crippen LogP contribution in [0.15, 0.2) is 6.07 Å². The SMILES string of the molecule is COC1CC(Nc2nc(C)cc(C)c2C(N)=S)C1(C)C. The number of aryl methyl sites for hydroxylation is 2. The number of methoxy groups -OCH3 is 1. The molecule has 0 spiro atoms. The summed E-state index contributed by atoms with van der Waals surface area (Å²) in [6.07, 6.45) is 1.24. The molecule has 2 unspecified atom stereocenters. The van der Waals surface area contributed by atoms with Crippen molar-refractivity contribution in [2.45, 2.75) is 46.3 Å². The normalized spacial score (nSPS) is 24.1. The van der Waals surface area contributed by atoms with E-state index in [9.17, 15) is 0 Å². The molecule has 1 aliphatic carbocycles. The van der Waals surface area contributed by atoms with Crippen LogP contribution in [0.1, 0.15) is 37.1 Å². The van der Waals surface area contributed by atoms with E-state index in [1.807, 2.05) is 19.9 Å². The number of hydrogen-bond donors (Lipinski definition) is 2. The van der Waals surface area contributed by atoms with Crippen LogP contribution in [0.25, 0.3) is 0 Å². The maximum absolute atomic E-state index is 5.85. The summed E-state index contributed by atoms with van der Waals surface area (Å²) in [6.45, 7) is 8.39. The summed E-state index contributed by atoms with van der Waals surface area (Å²) >= 11 is 5.16. The first kappa shape index (κ1) is 15.2. The topological polar surface area (TPSA) is 60.2 Å². The molecule has 110 valence electrons. The van der Waals surface area contributed by atoms with Gasteiger partial charge >= 0.3 is 0 Å². The zero-order valence-electron chi connectivity index (χ0n) is 12.8. The molecule has 1 heterocycles. The highest BCUT2D eigenvalue weighted by molar-refractivity contribution is 7.80. The Labute approximate surface area is 126 Å². The minimum Gasteiger partial charge on any atom is -0.389 e. The number of aromatic nitrogens is 1. The fourth-order valence-electron chi connectivity index (χ4n) is 2.95. The Hall–Kier alpha value is -1.20. The number of anilines is 1. The largest absolute Gasteiger partial charge is 0.389 e. The van der Waals surface area contributed by atoms with Gasteiger partial charge in [0.05, 0.1) is 11.7 Å². The lowest BCUT2D eigenvalue weighted by Crippen LogP contribution is -2.58. The lowest BCUT2D eigenvalue weighted by molar-refractivity contribution is -0.0795. The van der Waals surface area contributed by atoms with Crippen molar-refractivity contribution in [3.05, 3.63) is 22.9 Å². The maximum atomic E-state index is 5.85. The molecule has 0 aliphatic heterocycles. The van der Waals surface area contributed by atoms with Crippen LogP contribution in [-0.2, 0) is 4.74 Å². The molecule has 2 atom stereocenters. The summed E-state index contributed by atoms with van der Waals surface area (Å²) in [5.74, 6) is 0.794. The molecule has 1 aromatic rings. The predicted octanol–water partition coefficient (Wildman–Crippen LogP) is 2.56. The van der Waals surface area contributed by atoms with Gasteiger partial charge in [-0.1, -0.05) is 26.1 Å². The Morgan fingerprint density at radius 3 is 2.65 bits per heavy atom. The number of nitrogens with zero attached hydrogens (tertiary/aromatic N) is 1. The molecule has 0 radical (unpaired) electrons. The van der Waals surface area contributed by atoms with E-state index in [0.717, 1.165) is 29.1 Å². The third-order valence-corrected chi connectivity index (χ3v) is 4.57. The molecule has 0 saturated heterocycles. The molecule has 2 rings (SSSR count). The summed E-state index contributed by atoms with van der Waals surface area (Å²) in [6, 6.07) is 2.32. The van der Waals surface area contributed by atoms with E-state index in [-0.39, 0.29) is 11.5 Å². The van der Waals surface area contributed by atoms with Gasteiger partial charge in [0.2, 0.25) is 0 Å². The number of rotatable bonds is 4. The molecule has 5 heteroatoms. The van der Waals surface area contributed by atoms with Crippen molar-refractivity contribution in [2.24, 2.45) is 11.1 Å². The fourth-order valence-corrected chi connectivity index (χ4v) is 3.21. The van der Waals surface area contributed by atoms with Crippen LogP contribution < -0.4 is 11.1 Å². The van der Waals surface area contributed by atoms with E-state index >= 15 is 0 Å². The van der Waals surface area contributed by atoms with E-state index < -0.39 is 0 Å². The van der Waals surface area contributed by atoms with Crippen LogP contribution in [0, 0.1) is 19.3 Å². The number of hydrogen-bond acceptors (Lipinski definition) is 4. The molecule has 4 nitrogen and oxygen atoms in total. The number of thiocarbonyl (C=S) groups is 1. The van der Waals surface area contributed by atoms with Gasteiger partial charge in [0, 0.05) is 24.3 Å². The Morgan fingerprint density at radius 1 is 1.50 bits per heavy atom. The van der Waals surface area contributed by atoms with Crippen LogP contribution >= 0.6 is 12.2 Å². The lowest BCUT2D eigenvalue weighted by atomic mass is 9.64. The zero-order valence-corrected chi connectivity index (χ0v) is 13.6. The van der Waals surface area contributed by atoms with Crippen molar-refractivity contribution < 1.29 is 4.74 Å². The van der Waals surface area contributed by atoms with Crippen molar-refractivity contribution in [1.82, 2.24) is 4.98 Å². The van der Waals surface area contributed by atoms with Gasteiger partial charge in [-0.2, -0.15) is 0 Å². The van der Waals surface area contributed by atoms with Gasteiger partial charge in [0.1, 0.15) is 10.8 Å². The fraction of sp³-hybridized carbons (Fsp3) is 0.600. The first-order valence-electron chi connectivity index (χ1n) is 6.84. The zero-order chi connectivity index (χ0) is 15.1. The van der Waals surface area contributed by atoms with E-state index in [1.54, 1.807) is 7.11 Å². The van der Waals surface area contributed by atoms with Crippen LogP contribution in [0.5, 0.6) is 0 Å². The molecule has 3 N–H and O–H groups in total. The van der Waals surface area contributed by atoms with Gasteiger partial charge < -0.3 is 15.8 Å². The van der Waals surface area contributed by atoms with Gasteiger partial charge in [-0.3, -0.25) is 0 Å². The smallest absolute Gasteiger partial charge is 0.137 e. The second-order valence-corrected chi connectivity index (χ2v) is 6.59. The molecule has 0 bridgehead atoms. The Bertz CT molecular complexity index is 542. The second kappa shape index (κ2) is 5.30. The third kappa shape index (κ3) is 2.52. The van der Waals surface area contributed by atoms with Gasteiger partial charge in [-0.05, 0) is 31.9 Å². The maximum Gasteiger partial charge on any atom is 0.137 e. The Morgan fingerprint density at radius 2 is 2.15 bits per heavy atom. The summed E-state index contributed by atoms with van der Waals surface area (Å²) < 4.78 is 5.48. The van der Waals surface area contributed by atoms with E-state index in [0.29, 0.717) is 11.0 Å². The molecular formula is C15H23N3OS. The third-order valence-electron chi connectivity index (χ3n) is 4.36. The second-order valence-electron chi connectivity index (χ2n) is 6.15. The number of ether oxygens (including phenoxy) is 1. The minimum atomic E-state index is 0.0710. The van der Waals surface area contributed by atoms with Crippen molar-refractivity contribution in [3.8, 4) is 0 Å². The average Bonchev–Trinajstić information content (AvgIpc) is 2.32. The lowest BCUT2D eigenvalue weighted by Gasteiger charge is -2.51. The molecule has 1 aromatic heterocycles. The molecule has 20 heavy (non-hydrogen) atoms. The Balaban J connectivity index is 2.29. The van der Waals surface area contributed by atoms with Crippen molar-refractivity contribution in [2.75, 3.05) is 12.4 Å². The first-order chi connectivity index (χ1) is 9.27. The number of nitrogens with two attached hydrogens (primary N) is 1. The van der Waals surface area contributed by atoms with Crippen LogP contribution in [0.2, 0.25) is 0 Å². The summed E-state index contributed by atoms with van der Waals surface area (Å²) in [5, 5.41) is 3.51. The highest BCUT2D eigenvalue weighted by Gasteiger charge is 2.48. The van der Waals surface area contributed by atoms with Crippen molar-refractivity contribution in [1.29, 1.82) is 0 Å². The van der Waals surface area contributed by atoms with E-state index in [4.69, 9.17) is 22.7 Å². The van der Waals surface area contributed by atoms with Crippen LogP contribution in [0.4, 0.5) is 5.82 Å². The van der Waals surface area contributed by atoms with E-state index in [1.165, 1.54) is 0 Å². The molecule has 0 amide bonds. The van der Waals surface area contributed by atoms with E-state index in [2.05, 4.69) is 24.1 Å². The van der Waals surface area contributed by atoms with Crippen molar-refractivity contribution >= 4 is 23.0 Å². The molecule has 0 aromatic carbocycles. The summed E-state index contributed by atoms with van der Waals surface area (Å²) in [7, 11) is 1.76. The van der Waals surface area contributed by atoms with Gasteiger partial charge in [-0.25, -0.2) is 4.98 Å². The van der Waals surface area contributed by atoms with Gasteiger partial charge in [-0.15, -0.1) is 0 Å². The van der Waals surface area contributed by atoms with Crippen LogP contribution in [-0.4, -0.2) is 29.2 Å². The molecule has 1 fully saturated rings. The average molecular weight is 293 g/mol. The highest BCUT2D eigenvalue weighted by atomic mass is 32.1.